The second-order valence-electron chi connectivity index (χ2n) is 4.96. The Morgan fingerprint density at radius 1 is 0.870 bits per heavy atom. The average Bonchev–Trinajstić information content (AvgIpc) is 2.55. The summed E-state index contributed by atoms with van der Waals surface area (Å²) in [4.78, 5) is 0. The van der Waals surface area contributed by atoms with Crippen LogP contribution in [0.25, 0.3) is 0 Å². The zero-order valence-electron chi connectivity index (χ0n) is 13.8. The maximum Gasteiger partial charge on any atom is 0.587 e. The lowest BCUT2D eigenvalue weighted by Crippen LogP contribution is -2.07. The highest BCUT2D eigenvalue weighted by Gasteiger charge is 2.31. The Labute approximate surface area is 138 Å². The van der Waals surface area contributed by atoms with E-state index in [1.54, 1.807) is 37.3 Å². The van der Waals surface area contributed by atoms with Crippen LogP contribution in [0.2, 0.25) is 0 Å². The van der Waals surface area contributed by atoms with E-state index in [1.165, 1.54) is 5.56 Å². The van der Waals surface area contributed by atoms with Gasteiger partial charge in [0, 0.05) is 0 Å². The van der Waals surface area contributed by atoms with Crippen molar-refractivity contribution in [2.45, 2.75) is 33.6 Å². The molecule has 0 saturated heterocycles. The Morgan fingerprint density at radius 2 is 1.61 bits per heavy atom. The van der Waals surface area contributed by atoms with Gasteiger partial charge in [0.05, 0.1) is 6.61 Å². The van der Waals surface area contributed by atoms with Gasteiger partial charge in [-0.3, -0.25) is 4.52 Å². The minimum absolute atomic E-state index is 0.235. The molecule has 2 rings (SSSR count). The van der Waals surface area contributed by atoms with E-state index >= 15 is 0 Å². The van der Waals surface area contributed by atoms with Crippen LogP contribution < -0.4 is 9.05 Å². The first-order chi connectivity index (χ1) is 11.1. The molecule has 0 bridgehead atoms. The molecule has 5 heteroatoms. The van der Waals surface area contributed by atoms with Gasteiger partial charge in [-0.2, -0.15) is 0 Å². The highest BCUT2D eigenvalue weighted by molar-refractivity contribution is 7.49. The Balaban J connectivity index is 2.31. The highest BCUT2D eigenvalue weighted by Crippen LogP contribution is 2.50. The van der Waals surface area contributed by atoms with E-state index in [-0.39, 0.29) is 6.61 Å². The van der Waals surface area contributed by atoms with Crippen LogP contribution in [-0.4, -0.2) is 6.61 Å². The maximum atomic E-state index is 13.0. The van der Waals surface area contributed by atoms with Crippen LogP contribution >= 0.6 is 7.82 Å². The van der Waals surface area contributed by atoms with Crippen LogP contribution in [0.15, 0.2) is 48.5 Å². The number of rotatable bonds is 8. The van der Waals surface area contributed by atoms with Crippen LogP contribution in [0, 0.1) is 0 Å². The van der Waals surface area contributed by atoms with Crippen molar-refractivity contribution >= 4 is 7.82 Å². The Kier molecular flexibility index (Phi) is 6.26. The van der Waals surface area contributed by atoms with E-state index in [2.05, 4.69) is 13.0 Å². The lowest BCUT2D eigenvalue weighted by atomic mass is 10.0. The molecule has 2 aromatic carbocycles. The standard InChI is InChI=1S/C18H23O4P/c1-4-15-11-10-14-18(17(15)5-2)22-23(19,20-6-3)21-16-12-8-7-9-13-16/h7-14H,4-6H2,1-3H3. The van der Waals surface area contributed by atoms with E-state index < -0.39 is 7.82 Å². The van der Waals surface area contributed by atoms with Gasteiger partial charge in [-0.05, 0) is 49.1 Å². The van der Waals surface area contributed by atoms with Crippen molar-refractivity contribution in [2.75, 3.05) is 6.61 Å². The van der Waals surface area contributed by atoms with Crippen molar-refractivity contribution in [3.05, 3.63) is 59.7 Å². The molecule has 0 aliphatic heterocycles. The molecule has 2 aromatic rings. The molecule has 23 heavy (non-hydrogen) atoms. The molecule has 1 atom stereocenters. The molecule has 0 fully saturated rings. The third-order valence-corrected chi connectivity index (χ3v) is 4.85. The molecule has 0 N–H and O–H groups in total. The zero-order valence-corrected chi connectivity index (χ0v) is 14.7. The fourth-order valence-corrected chi connectivity index (χ4v) is 3.64. The summed E-state index contributed by atoms with van der Waals surface area (Å²) in [5, 5.41) is 0. The summed E-state index contributed by atoms with van der Waals surface area (Å²) in [5.41, 5.74) is 2.21. The molecule has 124 valence electrons. The number of hydrogen-bond donors (Lipinski definition) is 0. The van der Waals surface area contributed by atoms with E-state index in [1.807, 2.05) is 19.1 Å². The maximum absolute atomic E-state index is 13.0. The van der Waals surface area contributed by atoms with Gasteiger partial charge >= 0.3 is 7.82 Å². The molecular formula is C18H23O4P. The first-order valence-electron chi connectivity index (χ1n) is 7.91. The molecule has 4 nitrogen and oxygen atoms in total. The lowest BCUT2D eigenvalue weighted by Gasteiger charge is -2.20. The van der Waals surface area contributed by atoms with Crippen molar-refractivity contribution in [3.63, 3.8) is 0 Å². The van der Waals surface area contributed by atoms with E-state index in [0.29, 0.717) is 11.5 Å². The van der Waals surface area contributed by atoms with Gasteiger partial charge in [0.15, 0.2) is 0 Å². The van der Waals surface area contributed by atoms with Crippen LogP contribution in [0.5, 0.6) is 11.5 Å². The van der Waals surface area contributed by atoms with Crippen LogP contribution in [0.3, 0.4) is 0 Å². The Hall–Kier alpha value is -1.77. The number of aryl methyl sites for hydroxylation is 1. The summed E-state index contributed by atoms with van der Waals surface area (Å²) in [5.74, 6) is 1.01. The minimum Gasteiger partial charge on any atom is -0.395 e. The van der Waals surface area contributed by atoms with Gasteiger partial charge in [0.1, 0.15) is 11.5 Å². The first kappa shape index (κ1) is 17.6. The molecular weight excluding hydrogens is 311 g/mol. The van der Waals surface area contributed by atoms with Crippen LogP contribution in [-0.2, 0) is 21.9 Å². The molecule has 1 unspecified atom stereocenters. The largest absolute Gasteiger partial charge is 0.587 e. The summed E-state index contributed by atoms with van der Waals surface area (Å²) in [6.07, 6.45) is 1.68. The quantitative estimate of drug-likeness (QED) is 0.605. The fraction of sp³-hybridized carbons (Fsp3) is 0.333. The van der Waals surface area contributed by atoms with Gasteiger partial charge in [0.2, 0.25) is 0 Å². The SMILES string of the molecule is CCOP(=O)(Oc1ccccc1)Oc1cccc(CC)c1CC. The van der Waals surface area contributed by atoms with Gasteiger partial charge in [-0.1, -0.05) is 44.2 Å². The zero-order chi connectivity index (χ0) is 16.7. The third-order valence-electron chi connectivity index (χ3n) is 3.42. The summed E-state index contributed by atoms with van der Waals surface area (Å²) in [6.45, 7) is 6.12. The lowest BCUT2D eigenvalue weighted by molar-refractivity contribution is 0.219. The monoisotopic (exact) mass is 334 g/mol. The second kappa shape index (κ2) is 8.19. The molecule has 0 amide bonds. The van der Waals surface area contributed by atoms with E-state index in [0.717, 1.165) is 18.4 Å². The molecule has 0 aromatic heterocycles. The minimum atomic E-state index is -3.73. The summed E-state index contributed by atoms with van der Waals surface area (Å²) < 4.78 is 29.5. The van der Waals surface area contributed by atoms with Crippen LogP contribution in [0.1, 0.15) is 31.9 Å². The van der Waals surface area contributed by atoms with Gasteiger partial charge in [0.25, 0.3) is 0 Å². The molecule has 0 radical (unpaired) electrons. The normalized spacial score (nSPS) is 13.3. The average molecular weight is 334 g/mol. The van der Waals surface area contributed by atoms with E-state index in [4.69, 9.17) is 13.6 Å². The van der Waals surface area contributed by atoms with Crippen molar-refractivity contribution in [2.24, 2.45) is 0 Å². The smallest absolute Gasteiger partial charge is 0.395 e. The van der Waals surface area contributed by atoms with Gasteiger partial charge < -0.3 is 9.05 Å². The fourth-order valence-electron chi connectivity index (χ4n) is 2.39. The highest BCUT2D eigenvalue weighted by atomic mass is 31.2. The van der Waals surface area contributed by atoms with E-state index in [9.17, 15) is 4.57 Å². The molecule has 0 spiro atoms. The summed E-state index contributed by atoms with van der Waals surface area (Å²) in [7, 11) is -3.73. The molecule has 0 aliphatic rings. The summed E-state index contributed by atoms with van der Waals surface area (Å²) in [6, 6.07) is 14.7. The van der Waals surface area contributed by atoms with Crippen molar-refractivity contribution in [1.82, 2.24) is 0 Å². The molecule has 0 aliphatic carbocycles. The topological polar surface area (TPSA) is 44.8 Å². The number of phosphoric acid groups is 1. The number of hydrogen-bond acceptors (Lipinski definition) is 4. The predicted octanol–water partition coefficient (Wildman–Crippen LogP) is 5.41. The molecule has 0 heterocycles. The van der Waals surface area contributed by atoms with Gasteiger partial charge in [-0.15, -0.1) is 0 Å². The third kappa shape index (κ3) is 4.60. The number of para-hydroxylation sites is 1. The summed E-state index contributed by atoms with van der Waals surface area (Å²) >= 11 is 0. The predicted molar refractivity (Wildman–Crippen MR) is 92.1 cm³/mol. The number of benzene rings is 2. The molecule has 0 saturated carbocycles. The van der Waals surface area contributed by atoms with Crippen molar-refractivity contribution in [1.29, 1.82) is 0 Å². The Morgan fingerprint density at radius 3 is 2.22 bits per heavy atom. The van der Waals surface area contributed by atoms with Crippen molar-refractivity contribution in [3.8, 4) is 11.5 Å². The first-order valence-corrected chi connectivity index (χ1v) is 9.37. The Bertz CT molecular complexity index is 670. The van der Waals surface area contributed by atoms with Gasteiger partial charge in [-0.25, -0.2) is 4.57 Å². The van der Waals surface area contributed by atoms with Crippen molar-refractivity contribution < 1.29 is 18.1 Å². The van der Waals surface area contributed by atoms with Crippen LogP contribution in [0.4, 0.5) is 0 Å². The second-order valence-corrected chi connectivity index (χ2v) is 6.48. The number of phosphoric ester groups is 1.